The van der Waals surface area contributed by atoms with Crippen LogP contribution in [0, 0.1) is 17.1 Å². The maximum Gasteiger partial charge on any atom is 0.220 e. The fourth-order valence-electron chi connectivity index (χ4n) is 2.70. The molecule has 6 nitrogen and oxygen atoms in total. The minimum atomic E-state index is -0.580. The van der Waals surface area contributed by atoms with Crippen molar-refractivity contribution >= 4 is 23.2 Å². The quantitative estimate of drug-likeness (QED) is 0.542. The van der Waals surface area contributed by atoms with Gasteiger partial charge in [-0.05, 0) is 24.3 Å². The number of anilines is 1. The number of halogens is 2. The average Bonchev–Trinajstić information content (AvgIpc) is 3.19. The number of rotatable bonds is 8. The van der Waals surface area contributed by atoms with E-state index in [2.05, 4.69) is 15.6 Å². The van der Waals surface area contributed by atoms with Gasteiger partial charge in [-0.15, -0.1) is 0 Å². The van der Waals surface area contributed by atoms with E-state index in [0.29, 0.717) is 41.9 Å². The fraction of sp³-hybridized carbons (Fsp3) is 0.190. The van der Waals surface area contributed by atoms with Gasteiger partial charge in [-0.3, -0.25) is 4.79 Å². The van der Waals surface area contributed by atoms with Crippen LogP contribution in [0.5, 0.6) is 0 Å². The van der Waals surface area contributed by atoms with Crippen LogP contribution in [0.4, 0.5) is 10.1 Å². The topological polar surface area (TPSA) is 91.0 Å². The molecule has 0 unspecified atom stereocenters. The molecule has 0 bridgehead atoms. The van der Waals surface area contributed by atoms with Crippen LogP contribution in [-0.4, -0.2) is 24.0 Å². The molecule has 0 fully saturated rings. The number of hydrogen-bond acceptors (Lipinski definition) is 5. The first-order chi connectivity index (χ1) is 14.1. The van der Waals surface area contributed by atoms with Gasteiger partial charge in [-0.1, -0.05) is 29.8 Å². The molecule has 3 rings (SSSR count). The second-order valence-corrected chi connectivity index (χ2v) is 6.56. The Morgan fingerprint density at radius 1 is 1.21 bits per heavy atom. The van der Waals surface area contributed by atoms with Crippen LogP contribution in [0.3, 0.4) is 0 Å². The number of aromatic nitrogens is 1. The maximum atomic E-state index is 13.5. The normalized spacial score (nSPS) is 10.4. The standard InChI is InChI=1S/C21H18ClFN4O2/c22-16-5-2-1-4-14(16)19-13-27-21(29-19)9-8-20(28)26-11-10-25-18-7-3-6-17(23)15(18)12-24/h1-7,13,25H,8-11H2,(H,26,28). The second kappa shape index (κ2) is 9.71. The Balaban J connectivity index is 1.43. The Kier molecular flexibility index (Phi) is 6.82. The number of nitriles is 1. The summed E-state index contributed by atoms with van der Waals surface area (Å²) in [6.07, 6.45) is 2.15. The zero-order valence-electron chi connectivity index (χ0n) is 15.4. The van der Waals surface area contributed by atoms with Gasteiger partial charge in [-0.25, -0.2) is 9.37 Å². The molecule has 1 heterocycles. The maximum absolute atomic E-state index is 13.5. The Hall–Kier alpha value is -3.37. The predicted molar refractivity (Wildman–Crippen MR) is 108 cm³/mol. The van der Waals surface area contributed by atoms with Gasteiger partial charge < -0.3 is 15.1 Å². The lowest BCUT2D eigenvalue weighted by molar-refractivity contribution is -0.121. The number of nitrogens with zero attached hydrogens (tertiary/aromatic N) is 2. The molecule has 2 N–H and O–H groups in total. The molecule has 8 heteroatoms. The van der Waals surface area contributed by atoms with Crippen molar-refractivity contribution < 1.29 is 13.6 Å². The minimum absolute atomic E-state index is 0.0444. The van der Waals surface area contributed by atoms with E-state index in [1.54, 1.807) is 18.3 Å². The molecule has 0 saturated carbocycles. The van der Waals surface area contributed by atoms with E-state index >= 15 is 0 Å². The highest BCUT2D eigenvalue weighted by Crippen LogP contribution is 2.28. The van der Waals surface area contributed by atoms with Crippen LogP contribution in [0.2, 0.25) is 5.02 Å². The highest BCUT2D eigenvalue weighted by Gasteiger charge is 2.11. The van der Waals surface area contributed by atoms with Crippen molar-refractivity contribution in [3.63, 3.8) is 0 Å². The highest BCUT2D eigenvalue weighted by atomic mass is 35.5. The lowest BCUT2D eigenvalue weighted by Crippen LogP contribution is -2.29. The van der Waals surface area contributed by atoms with Gasteiger partial charge in [0, 0.05) is 31.5 Å². The van der Waals surface area contributed by atoms with Crippen LogP contribution in [0.1, 0.15) is 17.9 Å². The molecule has 1 amide bonds. The number of nitrogens with one attached hydrogen (secondary N) is 2. The zero-order valence-corrected chi connectivity index (χ0v) is 16.2. The summed E-state index contributed by atoms with van der Waals surface area (Å²) in [6, 6.07) is 13.5. The van der Waals surface area contributed by atoms with Crippen molar-refractivity contribution in [1.82, 2.24) is 10.3 Å². The summed E-state index contributed by atoms with van der Waals surface area (Å²) in [5.41, 5.74) is 1.10. The third-order valence-electron chi connectivity index (χ3n) is 4.15. The molecule has 3 aromatic rings. The molecule has 0 saturated heterocycles. The van der Waals surface area contributed by atoms with Crippen molar-refractivity contribution in [2.24, 2.45) is 0 Å². The van der Waals surface area contributed by atoms with Crippen LogP contribution < -0.4 is 10.6 Å². The van der Waals surface area contributed by atoms with Gasteiger partial charge >= 0.3 is 0 Å². The average molecular weight is 413 g/mol. The molecule has 0 atom stereocenters. The van der Waals surface area contributed by atoms with Crippen LogP contribution in [0.15, 0.2) is 53.1 Å². The lowest BCUT2D eigenvalue weighted by Gasteiger charge is -2.09. The summed E-state index contributed by atoms with van der Waals surface area (Å²) in [5.74, 6) is 0.262. The highest BCUT2D eigenvalue weighted by molar-refractivity contribution is 6.33. The predicted octanol–water partition coefficient (Wildman–Crippen LogP) is 4.17. The molecule has 0 aliphatic heterocycles. The molecule has 0 aliphatic carbocycles. The summed E-state index contributed by atoms with van der Waals surface area (Å²) in [6.45, 7) is 0.691. The molecule has 0 radical (unpaired) electrons. The van der Waals surface area contributed by atoms with E-state index in [1.807, 2.05) is 24.3 Å². The molecule has 2 aromatic carbocycles. The summed E-state index contributed by atoms with van der Waals surface area (Å²) in [5, 5.41) is 15.3. The number of carbonyl (C=O) groups excluding carboxylic acids is 1. The Morgan fingerprint density at radius 2 is 2.03 bits per heavy atom. The van der Waals surface area contributed by atoms with E-state index in [1.165, 1.54) is 12.1 Å². The molecular formula is C21H18ClFN4O2. The Labute approximate surface area is 172 Å². The summed E-state index contributed by atoms with van der Waals surface area (Å²) in [4.78, 5) is 16.2. The van der Waals surface area contributed by atoms with Crippen molar-refractivity contribution in [2.75, 3.05) is 18.4 Å². The van der Waals surface area contributed by atoms with Gasteiger partial charge in [0.15, 0.2) is 11.7 Å². The Bertz CT molecular complexity index is 1050. The largest absolute Gasteiger partial charge is 0.441 e. The van der Waals surface area contributed by atoms with E-state index in [9.17, 15) is 9.18 Å². The number of aryl methyl sites for hydroxylation is 1. The number of benzene rings is 2. The first-order valence-electron chi connectivity index (χ1n) is 8.97. The summed E-state index contributed by atoms with van der Waals surface area (Å²) in [7, 11) is 0. The molecule has 0 aliphatic rings. The first kappa shape index (κ1) is 20.4. The number of amides is 1. The molecule has 0 spiro atoms. The number of hydrogen-bond donors (Lipinski definition) is 2. The van der Waals surface area contributed by atoms with Gasteiger partial charge in [0.1, 0.15) is 17.4 Å². The van der Waals surface area contributed by atoms with Crippen molar-refractivity contribution in [3.8, 4) is 17.4 Å². The molecule has 148 valence electrons. The molecule has 29 heavy (non-hydrogen) atoms. The third-order valence-corrected chi connectivity index (χ3v) is 4.48. The number of carbonyl (C=O) groups is 1. The second-order valence-electron chi connectivity index (χ2n) is 6.15. The van der Waals surface area contributed by atoms with E-state index in [0.717, 1.165) is 5.56 Å². The van der Waals surface area contributed by atoms with Crippen molar-refractivity contribution in [3.05, 3.63) is 71.0 Å². The fourth-order valence-corrected chi connectivity index (χ4v) is 2.93. The van der Waals surface area contributed by atoms with Crippen LogP contribution >= 0.6 is 11.6 Å². The third kappa shape index (κ3) is 5.33. The van der Waals surface area contributed by atoms with E-state index < -0.39 is 5.82 Å². The van der Waals surface area contributed by atoms with Gasteiger partial charge in [0.2, 0.25) is 5.91 Å². The zero-order chi connectivity index (χ0) is 20.6. The molecule has 1 aromatic heterocycles. The molecular weight excluding hydrogens is 395 g/mol. The Morgan fingerprint density at radius 3 is 2.83 bits per heavy atom. The van der Waals surface area contributed by atoms with Gasteiger partial charge in [0.25, 0.3) is 0 Å². The number of oxazole rings is 1. The van der Waals surface area contributed by atoms with Gasteiger partial charge in [0.05, 0.1) is 16.9 Å². The monoisotopic (exact) mass is 412 g/mol. The first-order valence-corrected chi connectivity index (χ1v) is 9.35. The summed E-state index contributed by atoms with van der Waals surface area (Å²) < 4.78 is 19.2. The van der Waals surface area contributed by atoms with Crippen LogP contribution in [0.25, 0.3) is 11.3 Å². The minimum Gasteiger partial charge on any atom is -0.441 e. The van der Waals surface area contributed by atoms with Crippen molar-refractivity contribution in [2.45, 2.75) is 12.8 Å². The van der Waals surface area contributed by atoms with E-state index in [4.69, 9.17) is 21.3 Å². The SMILES string of the molecule is N#Cc1c(F)cccc1NCCNC(=O)CCc1ncc(-c2ccccc2Cl)o1. The van der Waals surface area contributed by atoms with E-state index in [-0.39, 0.29) is 17.9 Å². The summed E-state index contributed by atoms with van der Waals surface area (Å²) >= 11 is 6.14. The van der Waals surface area contributed by atoms with Crippen molar-refractivity contribution in [1.29, 1.82) is 5.26 Å². The lowest BCUT2D eigenvalue weighted by atomic mass is 10.2. The van der Waals surface area contributed by atoms with Crippen LogP contribution in [-0.2, 0) is 11.2 Å². The van der Waals surface area contributed by atoms with Gasteiger partial charge in [-0.2, -0.15) is 5.26 Å². The smallest absolute Gasteiger partial charge is 0.220 e.